The Morgan fingerprint density at radius 3 is 2.43 bits per heavy atom. The number of alkyl halides is 3. The fourth-order valence-electron chi connectivity index (χ4n) is 2.27. The number of unbranched alkanes of at least 4 members (excludes halogenated alkanes) is 1. The molecule has 2 heterocycles. The van der Waals surface area contributed by atoms with Crippen LogP contribution in [0.4, 0.5) is 13.2 Å². The molecule has 0 radical (unpaired) electrons. The van der Waals surface area contributed by atoms with E-state index in [9.17, 15) is 22.2 Å². The Morgan fingerprint density at radius 1 is 1.36 bits per heavy atom. The van der Waals surface area contributed by atoms with Crippen LogP contribution in [0.2, 0.25) is 5.15 Å². The van der Waals surface area contributed by atoms with E-state index in [-0.39, 0.29) is 23.1 Å². The number of ether oxygens (including phenoxy) is 1. The van der Waals surface area contributed by atoms with Gasteiger partial charge in [0.15, 0.2) is 10.9 Å². The van der Waals surface area contributed by atoms with E-state index in [1.807, 2.05) is 34.6 Å². The molecule has 0 aliphatic carbocycles. The minimum Gasteiger partial charge on any atom is -0.488 e. The normalized spacial score (nSPS) is 18.6. The summed E-state index contributed by atoms with van der Waals surface area (Å²) in [5, 5.41) is -0.329. The van der Waals surface area contributed by atoms with E-state index in [0.717, 1.165) is 18.9 Å². The van der Waals surface area contributed by atoms with Crippen LogP contribution in [-0.2, 0) is 16.5 Å². The molecule has 5 nitrogen and oxygen atoms in total. The van der Waals surface area contributed by atoms with Gasteiger partial charge in [-0.05, 0) is 19.4 Å². The lowest BCUT2D eigenvalue weighted by Crippen LogP contribution is -2.43. The van der Waals surface area contributed by atoms with Gasteiger partial charge >= 0.3 is 6.18 Å². The van der Waals surface area contributed by atoms with Crippen molar-refractivity contribution in [3.63, 3.8) is 0 Å². The lowest BCUT2D eigenvalue weighted by molar-refractivity contribution is -0.0888. The average molecular weight is 445 g/mol. The second-order valence-electron chi connectivity index (χ2n) is 5.63. The minimum atomic E-state index is -5.06. The zero-order valence-electron chi connectivity index (χ0n) is 17.0. The van der Waals surface area contributed by atoms with Crippen molar-refractivity contribution in [2.75, 3.05) is 12.4 Å². The molecular weight excluding hydrogens is 417 g/mol. The van der Waals surface area contributed by atoms with Gasteiger partial charge in [0.25, 0.3) is 5.78 Å². The number of aromatic nitrogens is 1. The van der Waals surface area contributed by atoms with Crippen molar-refractivity contribution >= 4 is 28.4 Å². The number of halogens is 4. The fourth-order valence-corrected chi connectivity index (χ4v) is 3.84. The average Bonchev–Trinajstić information content (AvgIpc) is 2.99. The number of carbonyl (C=O) groups excluding carboxylic acids is 1. The van der Waals surface area contributed by atoms with Gasteiger partial charge in [-0.2, -0.15) is 13.2 Å². The molecule has 2 rings (SSSR count). The Hall–Kier alpha value is -1.19. The van der Waals surface area contributed by atoms with Crippen molar-refractivity contribution < 1.29 is 26.9 Å². The second-order valence-corrected chi connectivity index (χ2v) is 7.29. The van der Waals surface area contributed by atoms with Crippen LogP contribution in [0.3, 0.4) is 0 Å². The minimum absolute atomic E-state index is 0.0191. The summed E-state index contributed by atoms with van der Waals surface area (Å²) in [6.45, 7) is 11.6. The lowest BCUT2D eigenvalue weighted by atomic mass is 9.95. The van der Waals surface area contributed by atoms with Crippen LogP contribution in [0.5, 0.6) is 5.75 Å². The first-order valence-corrected chi connectivity index (χ1v) is 10.9. The Labute approximate surface area is 172 Å². The molecule has 2 atom stereocenters. The molecule has 1 aliphatic heterocycles. The Bertz CT molecular complexity index is 687. The topological polar surface area (TPSA) is 68.3 Å². The zero-order valence-corrected chi connectivity index (χ0v) is 18.6. The zero-order chi connectivity index (χ0) is 22.1. The van der Waals surface area contributed by atoms with Crippen LogP contribution < -0.4 is 9.46 Å². The molecule has 0 fully saturated rings. The molecule has 2 unspecified atom stereocenters. The van der Waals surface area contributed by atoms with Gasteiger partial charge in [0.05, 0.1) is 16.5 Å². The summed E-state index contributed by atoms with van der Waals surface area (Å²) in [5.74, 6) is -1.60. The molecule has 10 heteroatoms. The number of hydrogen-bond acceptors (Lipinski definition) is 4. The molecule has 162 valence electrons. The van der Waals surface area contributed by atoms with E-state index in [2.05, 4.69) is 9.71 Å². The third-order valence-corrected chi connectivity index (χ3v) is 5.14. The monoisotopic (exact) mass is 444 g/mol. The third kappa shape index (κ3) is 6.70. The Morgan fingerprint density at radius 2 is 1.93 bits per heavy atom. The quantitative estimate of drug-likeness (QED) is 0.484. The van der Waals surface area contributed by atoms with E-state index in [0.29, 0.717) is 5.75 Å². The van der Waals surface area contributed by atoms with Gasteiger partial charge in [0.1, 0.15) is 12.3 Å². The van der Waals surface area contributed by atoms with Crippen molar-refractivity contribution in [3.05, 3.63) is 22.5 Å². The highest BCUT2D eigenvalue weighted by molar-refractivity contribution is 7.83. The van der Waals surface area contributed by atoms with Crippen molar-refractivity contribution in [1.29, 1.82) is 0 Å². The smallest absolute Gasteiger partial charge is 0.456 e. The summed E-state index contributed by atoms with van der Waals surface area (Å²) in [6.07, 6.45) is -3.46. The van der Waals surface area contributed by atoms with Crippen LogP contribution in [0, 0.1) is 0 Å². The van der Waals surface area contributed by atoms with Gasteiger partial charge in [0, 0.05) is 11.3 Å². The highest BCUT2D eigenvalue weighted by Gasteiger charge is 2.44. The molecule has 1 aromatic heterocycles. The summed E-state index contributed by atoms with van der Waals surface area (Å²) in [6, 6.07) is 0.994. The molecule has 0 saturated carbocycles. The van der Waals surface area contributed by atoms with Crippen molar-refractivity contribution in [3.8, 4) is 5.75 Å². The number of rotatable bonds is 6. The summed E-state index contributed by atoms with van der Waals surface area (Å²) in [4.78, 5) is 14.9. The largest absolute Gasteiger partial charge is 0.488 e. The molecule has 1 N–H and O–H groups in total. The maximum atomic E-state index is 12.6. The van der Waals surface area contributed by atoms with E-state index < -0.39 is 34.2 Å². The standard InChI is InChI=1S/C14H16ClF3N2O3S.2C2H6/c1-3-4-5-24(22)20-13(2)7-23-10-8(13)6-9(19-12(10)15)11(21)14(16,17)18;2*1-2/h6,20H,3-5,7H2,1-2H3;2*1-2H3. The number of nitrogens with zero attached hydrogens (tertiary/aromatic N) is 1. The third-order valence-electron chi connectivity index (χ3n) is 3.54. The maximum Gasteiger partial charge on any atom is 0.456 e. The van der Waals surface area contributed by atoms with Gasteiger partial charge in [-0.1, -0.05) is 52.6 Å². The van der Waals surface area contributed by atoms with Crippen molar-refractivity contribution in [2.45, 2.75) is 66.1 Å². The number of fused-ring (bicyclic) bond motifs is 1. The number of pyridine rings is 1. The van der Waals surface area contributed by atoms with Crippen LogP contribution in [0.1, 0.15) is 70.4 Å². The van der Waals surface area contributed by atoms with E-state index in [1.54, 1.807) is 6.92 Å². The number of Topliss-reactive ketones (excluding diaryl/α,β-unsaturated/α-hetero) is 1. The van der Waals surface area contributed by atoms with Gasteiger partial charge in [-0.3, -0.25) is 4.79 Å². The Balaban J connectivity index is 0.00000171. The molecule has 0 amide bonds. The molecular formula is C18H28ClF3N2O3S. The SMILES string of the molecule is CC.CC.CCCCS(=O)NC1(C)COc2c1cc(C(=O)C(F)(F)F)nc2Cl. The van der Waals surface area contributed by atoms with Gasteiger partial charge in [-0.15, -0.1) is 0 Å². The Kier molecular flexibility index (Phi) is 11.2. The number of nitrogens with one attached hydrogen (secondary N) is 1. The first kappa shape index (κ1) is 26.8. The fraction of sp³-hybridized carbons (Fsp3) is 0.667. The first-order valence-electron chi connectivity index (χ1n) is 9.20. The lowest BCUT2D eigenvalue weighted by Gasteiger charge is -2.24. The molecule has 28 heavy (non-hydrogen) atoms. The van der Waals surface area contributed by atoms with Gasteiger partial charge < -0.3 is 4.74 Å². The summed E-state index contributed by atoms with van der Waals surface area (Å²) < 4.78 is 58.2. The first-order chi connectivity index (χ1) is 13.1. The molecule has 0 bridgehead atoms. The van der Waals surface area contributed by atoms with Gasteiger partial charge in [0.2, 0.25) is 0 Å². The summed E-state index contributed by atoms with van der Waals surface area (Å²) in [7, 11) is -1.40. The second kappa shape index (κ2) is 11.7. The molecule has 1 aromatic rings. The summed E-state index contributed by atoms with van der Waals surface area (Å²) >= 11 is 5.86. The molecule has 1 aliphatic rings. The number of carbonyl (C=O) groups is 1. The molecule has 0 spiro atoms. The predicted molar refractivity (Wildman–Crippen MR) is 106 cm³/mol. The van der Waals surface area contributed by atoms with Crippen LogP contribution in [0.15, 0.2) is 6.07 Å². The van der Waals surface area contributed by atoms with E-state index in [4.69, 9.17) is 16.3 Å². The number of ketones is 1. The van der Waals surface area contributed by atoms with Gasteiger partial charge in [-0.25, -0.2) is 13.9 Å². The van der Waals surface area contributed by atoms with E-state index in [1.165, 1.54) is 0 Å². The number of hydrogen-bond donors (Lipinski definition) is 1. The van der Waals surface area contributed by atoms with Crippen molar-refractivity contribution in [2.24, 2.45) is 0 Å². The highest BCUT2D eigenvalue weighted by atomic mass is 35.5. The van der Waals surface area contributed by atoms with Crippen LogP contribution >= 0.6 is 11.6 Å². The van der Waals surface area contributed by atoms with E-state index >= 15 is 0 Å². The predicted octanol–water partition coefficient (Wildman–Crippen LogP) is 5.19. The molecule has 0 saturated heterocycles. The summed E-state index contributed by atoms with van der Waals surface area (Å²) in [5.41, 5.74) is -1.61. The maximum absolute atomic E-state index is 12.6. The highest BCUT2D eigenvalue weighted by Crippen LogP contribution is 2.42. The molecule has 0 aromatic carbocycles. The van der Waals surface area contributed by atoms with Crippen LogP contribution in [-0.4, -0.2) is 33.5 Å². The van der Waals surface area contributed by atoms with Crippen molar-refractivity contribution in [1.82, 2.24) is 9.71 Å². The van der Waals surface area contributed by atoms with Crippen LogP contribution in [0.25, 0.3) is 0 Å².